The summed E-state index contributed by atoms with van der Waals surface area (Å²) in [5.74, 6) is 2.87. The number of rotatable bonds is 20. The second-order valence-corrected chi connectivity index (χ2v) is 23.8. The first kappa shape index (κ1) is 58.1. The van der Waals surface area contributed by atoms with Crippen LogP contribution in [0.3, 0.4) is 0 Å². The number of aromatic nitrogens is 16. The van der Waals surface area contributed by atoms with Crippen LogP contribution in [0.4, 0.5) is 28.3 Å². The van der Waals surface area contributed by atoms with Gasteiger partial charge in [0.2, 0.25) is 11.9 Å². The lowest BCUT2D eigenvalue weighted by Crippen LogP contribution is -2.48. The molecular formula is C63H72N22O5. The number of benzene rings is 4. The van der Waals surface area contributed by atoms with Crippen LogP contribution >= 0.6 is 0 Å². The zero-order chi connectivity index (χ0) is 61.4. The summed E-state index contributed by atoms with van der Waals surface area (Å²) in [6.07, 6.45) is 1.53. The molecule has 2 aliphatic carbocycles. The molecule has 4 fully saturated rings. The van der Waals surface area contributed by atoms with Crippen molar-refractivity contribution < 1.29 is 25.2 Å². The molecule has 2 saturated carbocycles. The van der Waals surface area contributed by atoms with E-state index in [1.165, 1.54) is 9.59 Å². The highest BCUT2D eigenvalue weighted by molar-refractivity contribution is 5.86. The van der Waals surface area contributed by atoms with E-state index in [1.807, 2.05) is 95.8 Å². The fourth-order valence-electron chi connectivity index (χ4n) is 13.4. The van der Waals surface area contributed by atoms with Crippen molar-refractivity contribution in [2.75, 3.05) is 59.7 Å². The zero-order valence-electron chi connectivity index (χ0n) is 49.9. The van der Waals surface area contributed by atoms with E-state index in [1.54, 1.807) is 12.7 Å². The van der Waals surface area contributed by atoms with E-state index in [9.17, 15) is 25.2 Å². The lowest BCUT2D eigenvalue weighted by atomic mass is 9.91. The maximum absolute atomic E-state index is 14.1. The van der Waals surface area contributed by atoms with E-state index < -0.39 is 48.6 Å². The number of hydrogen-bond acceptors (Lipinski definition) is 21. The molecule has 464 valence electrons. The monoisotopic (exact) mass is 1220 g/mol. The van der Waals surface area contributed by atoms with Crippen molar-refractivity contribution in [3.05, 3.63) is 168 Å². The van der Waals surface area contributed by atoms with Gasteiger partial charge in [0.1, 0.15) is 36.5 Å². The van der Waals surface area contributed by atoms with Gasteiger partial charge >= 0.3 is 6.03 Å². The molecule has 4 aromatic carbocycles. The van der Waals surface area contributed by atoms with Crippen LogP contribution in [0, 0.1) is 0 Å². The Morgan fingerprint density at radius 3 is 1.23 bits per heavy atom. The Morgan fingerprint density at radius 2 is 0.878 bits per heavy atom. The highest BCUT2D eigenvalue weighted by Crippen LogP contribution is 2.42. The van der Waals surface area contributed by atoms with Crippen molar-refractivity contribution in [1.29, 1.82) is 0 Å². The minimum Gasteiger partial charge on any atom is -0.388 e. The van der Waals surface area contributed by atoms with Crippen LogP contribution in [0.15, 0.2) is 134 Å². The molecule has 6 aromatic heterocycles. The van der Waals surface area contributed by atoms with Gasteiger partial charge in [-0.2, -0.15) is 29.5 Å². The molecular weight excluding hydrogens is 1140 g/mol. The third-order valence-corrected chi connectivity index (χ3v) is 18.3. The van der Waals surface area contributed by atoms with Crippen LogP contribution < -0.4 is 31.1 Å². The Morgan fingerprint density at radius 1 is 0.511 bits per heavy atom. The summed E-state index contributed by atoms with van der Waals surface area (Å²) < 4.78 is 3.63. The quantitative estimate of drug-likeness (QED) is 0.0520. The average Bonchev–Trinajstić information content (AvgIpc) is 1.97. The Bertz CT molecular complexity index is 3740. The Kier molecular flexibility index (Phi) is 16.2. The molecule has 90 heavy (non-hydrogen) atoms. The lowest BCUT2D eigenvalue weighted by Gasteiger charge is -2.23. The molecule has 0 unspecified atom stereocenters. The highest BCUT2D eigenvalue weighted by atomic mass is 16.3. The predicted octanol–water partition coefficient (Wildman–Crippen LogP) is 4.52. The van der Waals surface area contributed by atoms with E-state index in [-0.39, 0.29) is 30.0 Å². The largest absolute Gasteiger partial charge is 0.388 e. The molecule has 0 spiro atoms. The van der Waals surface area contributed by atoms with Crippen LogP contribution in [-0.2, 0) is 12.8 Å². The molecule has 27 heteroatoms. The number of imidazole rings is 2. The average molecular weight is 1220 g/mol. The molecule has 8 N–H and O–H groups in total. The molecule has 2 saturated heterocycles. The van der Waals surface area contributed by atoms with E-state index in [0.29, 0.717) is 135 Å². The summed E-state index contributed by atoms with van der Waals surface area (Å²) in [5, 5.41) is 85.6. The van der Waals surface area contributed by atoms with Gasteiger partial charge in [-0.1, -0.05) is 135 Å². The molecule has 2 aliphatic heterocycles. The summed E-state index contributed by atoms with van der Waals surface area (Å²) in [5.41, 5.74) is 6.48. The van der Waals surface area contributed by atoms with Gasteiger partial charge in [-0.05, 0) is 58.4 Å². The van der Waals surface area contributed by atoms with Gasteiger partial charge in [-0.25, -0.2) is 14.8 Å². The molecule has 10 atom stereocenters. The summed E-state index contributed by atoms with van der Waals surface area (Å²) in [6.45, 7) is 6.74. The number of aliphatic hydroxyl groups excluding tert-OH is 4. The first-order chi connectivity index (χ1) is 44.0. The fraction of sp³-hybridized carbons (Fsp3) is 0.413. The lowest BCUT2D eigenvalue weighted by molar-refractivity contribution is 0.00473. The minimum atomic E-state index is -1.19. The number of urea groups is 1. The van der Waals surface area contributed by atoms with E-state index in [4.69, 9.17) is 29.9 Å². The second kappa shape index (κ2) is 25.1. The van der Waals surface area contributed by atoms with Crippen molar-refractivity contribution >= 4 is 51.9 Å². The van der Waals surface area contributed by atoms with E-state index >= 15 is 0 Å². The first-order valence-corrected chi connectivity index (χ1v) is 31.1. The number of tetrazole rings is 2. The molecule has 2 amide bonds. The molecule has 8 heterocycles. The summed E-state index contributed by atoms with van der Waals surface area (Å²) in [4.78, 5) is 51.3. The molecule has 14 rings (SSSR count). The predicted molar refractivity (Wildman–Crippen MR) is 334 cm³/mol. The number of nitrogens with zero attached hydrogens (tertiary/aromatic N) is 18. The molecule has 4 aliphatic rings. The van der Waals surface area contributed by atoms with Gasteiger partial charge in [0.05, 0.1) is 24.7 Å². The number of nitrogens with one attached hydrogen (secondary N) is 4. The molecule has 0 radical (unpaired) electrons. The van der Waals surface area contributed by atoms with Gasteiger partial charge in [-0.3, -0.25) is 0 Å². The number of carbonyl (C=O) groups is 1. The number of fused-ring (bicyclic) bond motifs is 2. The SMILES string of the molecule is CCc1nnn([C@H]2C[C@@H](n3cnc4c(NCC(c5ccccc5)c5ccccc5)nc(N5CC[C@@H](NC(=O)N[C@@H]6CCN(c7nc(NCC(c8ccccc8)c8ccccc8)c8ncn([C@@H]9C[C@H](n%10nnc(CC)n%10)[C@@H](O)[C@H]9O)c8n7)C6)C5)nc43)[C@H](O)[C@@H]2O)n1. The highest BCUT2D eigenvalue weighted by Gasteiger charge is 2.47. The Balaban J connectivity index is 0.697. The van der Waals surface area contributed by atoms with Crippen LogP contribution in [0.2, 0.25) is 0 Å². The normalized spacial score (nSPS) is 23.5. The fourth-order valence-corrected chi connectivity index (χ4v) is 13.4. The van der Waals surface area contributed by atoms with E-state index in [2.05, 4.69) is 110 Å². The van der Waals surface area contributed by atoms with Crippen molar-refractivity contribution in [3.63, 3.8) is 0 Å². The first-order valence-electron chi connectivity index (χ1n) is 31.1. The third kappa shape index (κ3) is 11.5. The van der Waals surface area contributed by atoms with Gasteiger partial charge in [0.25, 0.3) is 0 Å². The number of anilines is 4. The number of aliphatic hydroxyl groups is 4. The Hall–Kier alpha value is -9.57. The van der Waals surface area contributed by atoms with Gasteiger partial charge in [0.15, 0.2) is 45.6 Å². The zero-order valence-corrected chi connectivity index (χ0v) is 49.9. The summed E-state index contributed by atoms with van der Waals surface area (Å²) >= 11 is 0. The Labute approximate surface area is 517 Å². The van der Waals surface area contributed by atoms with Crippen molar-refractivity contribution in [2.45, 2.75) is 125 Å². The van der Waals surface area contributed by atoms with E-state index in [0.717, 1.165) is 22.3 Å². The molecule has 27 nitrogen and oxygen atoms in total. The van der Waals surface area contributed by atoms with Crippen LogP contribution in [0.1, 0.15) is 109 Å². The topological polar surface area (TPSA) is 327 Å². The van der Waals surface area contributed by atoms with Gasteiger partial charge in [0, 0.05) is 76.0 Å². The smallest absolute Gasteiger partial charge is 0.315 e. The van der Waals surface area contributed by atoms with Crippen molar-refractivity contribution in [1.82, 2.24) is 90.1 Å². The van der Waals surface area contributed by atoms with Crippen molar-refractivity contribution in [2.24, 2.45) is 0 Å². The third-order valence-electron chi connectivity index (χ3n) is 18.3. The number of amides is 2. The second-order valence-electron chi connectivity index (χ2n) is 23.8. The standard InChI is InChI=1S/C63H72N22O5/c1-3-49-74-78-84(76-49)47-29-45(53(86)55(47)88)82-35-66-51-57(64-31-43(37-17-9-5-10-18-37)38-19-11-6-12-20-38)70-61(72-59(51)82)80-27-25-41(33-80)68-63(90)69-42-26-28-81(34-42)62-71-58(65-32-44(39-21-13-7-14-22-39)40-23-15-8-16-24-40)52-60(73-62)83(36-67-52)46-30-48(56(89)54(46)87)85-77-50(4-2)75-79-85/h5-24,35-36,41-48,53-56,86-89H,3-4,25-34H2,1-2H3,(H,64,70,72)(H,65,71,73)(H2,68,69,90)/t41-,42-,45-,46-,47+,48+,53+,54+,55-,56-/m1/s1. The van der Waals surface area contributed by atoms with Crippen LogP contribution in [0.5, 0.6) is 0 Å². The summed E-state index contributed by atoms with van der Waals surface area (Å²) in [6, 6.07) is 37.9. The number of hydrogen-bond donors (Lipinski definition) is 8. The maximum atomic E-state index is 14.1. The minimum absolute atomic E-state index is 0.0381. The molecule has 10 aromatic rings. The number of aryl methyl sites for hydroxylation is 2. The van der Waals surface area contributed by atoms with Crippen LogP contribution in [-0.4, -0.2) is 182 Å². The van der Waals surface area contributed by atoms with Gasteiger partial charge in [-0.15, -0.1) is 20.4 Å². The molecule has 0 bridgehead atoms. The van der Waals surface area contributed by atoms with Crippen LogP contribution in [0.25, 0.3) is 22.3 Å². The summed E-state index contributed by atoms with van der Waals surface area (Å²) in [7, 11) is 0. The van der Waals surface area contributed by atoms with Crippen molar-refractivity contribution in [3.8, 4) is 0 Å². The van der Waals surface area contributed by atoms with Gasteiger partial charge < -0.3 is 60.6 Å². The maximum Gasteiger partial charge on any atom is 0.315 e. The number of carbonyl (C=O) groups excluding carboxylic acids is 1.